The molecule has 0 bridgehead atoms. The third-order valence-corrected chi connectivity index (χ3v) is 4.31. The van der Waals surface area contributed by atoms with Gasteiger partial charge in [0, 0.05) is 26.5 Å². The SMILES string of the molecule is C(=Nc1ccccc1)c1cccc(C=Nc2ccccc2)n1.CN=Cc1cccc(C=NC)n1. The molecular formula is C28H26N6. The largest absolute Gasteiger partial charge is 0.294 e. The molecule has 0 spiro atoms. The van der Waals surface area contributed by atoms with Crippen LogP contribution in [0.25, 0.3) is 0 Å². The molecule has 0 radical (unpaired) electrons. The average Bonchev–Trinajstić information content (AvgIpc) is 2.89. The lowest BCUT2D eigenvalue weighted by molar-refractivity contribution is 1.26. The smallest absolute Gasteiger partial charge is 0.0820 e. The monoisotopic (exact) mass is 446 g/mol. The van der Waals surface area contributed by atoms with Crippen LogP contribution in [-0.4, -0.2) is 48.9 Å². The Balaban J connectivity index is 0.000000229. The summed E-state index contributed by atoms with van der Waals surface area (Å²) >= 11 is 0. The van der Waals surface area contributed by atoms with Gasteiger partial charge >= 0.3 is 0 Å². The summed E-state index contributed by atoms with van der Waals surface area (Å²) in [6.07, 6.45) is 6.95. The molecule has 0 fully saturated rings. The molecule has 0 unspecified atom stereocenters. The van der Waals surface area contributed by atoms with Crippen molar-refractivity contribution in [3.05, 3.63) is 120 Å². The summed E-state index contributed by atoms with van der Waals surface area (Å²) in [5.41, 5.74) is 5.15. The van der Waals surface area contributed by atoms with Gasteiger partial charge in [-0.15, -0.1) is 0 Å². The van der Waals surface area contributed by atoms with Gasteiger partial charge in [0.2, 0.25) is 0 Å². The minimum atomic E-state index is 0.806. The van der Waals surface area contributed by atoms with E-state index < -0.39 is 0 Å². The van der Waals surface area contributed by atoms with Gasteiger partial charge in [-0.3, -0.25) is 20.0 Å². The summed E-state index contributed by atoms with van der Waals surface area (Å²) in [6, 6.07) is 31.1. The minimum absolute atomic E-state index is 0.806. The van der Waals surface area contributed by atoms with E-state index in [1.54, 1.807) is 39.0 Å². The highest BCUT2D eigenvalue weighted by atomic mass is 14.8. The fourth-order valence-corrected chi connectivity index (χ4v) is 2.80. The van der Waals surface area contributed by atoms with Crippen molar-refractivity contribution in [1.82, 2.24) is 9.97 Å². The minimum Gasteiger partial charge on any atom is -0.294 e. The number of pyridine rings is 2. The van der Waals surface area contributed by atoms with Gasteiger partial charge < -0.3 is 0 Å². The number of hydrogen-bond acceptors (Lipinski definition) is 6. The Morgan fingerprint density at radius 2 is 0.794 bits per heavy atom. The Labute approximate surface area is 200 Å². The number of aliphatic imine (C=N–C) groups is 4. The molecule has 0 aliphatic carbocycles. The van der Waals surface area contributed by atoms with Crippen molar-refractivity contribution in [3.8, 4) is 0 Å². The first-order valence-electron chi connectivity index (χ1n) is 10.7. The van der Waals surface area contributed by atoms with E-state index >= 15 is 0 Å². The molecule has 0 aliphatic rings. The van der Waals surface area contributed by atoms with Crippen LogP contribution >= 0.6 is 0 Å². The van der Waals surface area contributed by atoms with Crippen molar-refractivity contribution in [2.24, 2.45) is 20.0 Å². The predicted molar refractivity (Wildman–Crippen MR) is 143 cm³/mol. The van der Waals surface area contributed by atoms with E-state index in [2.05, 4.69) is 29.9 Å². The van der Waals surface area contributed by atoms with E-state index in [1.807, 2.05) is 97.1 Å². The molecule has 6 nitrogen and oxygen atoms in total. The maximum Gasteiger partial charge on any atom is 0.0820 e. The molecular weight excluding hydrogens is 420 g/mol. The Kier molecular flexibility index (Phi) is 9.73. The number of nitrogens with zero attached hydrogens (tertiary/aromatic N) is 6. The van der Waals surface area contributed by atoms with Crippen molar-refractivity contribution >= 4 is 36.2 Å². The Bertz CT molecular complexity index is 1170. The van der Waals surface area contributed by atoms with Gasteiger partial charge in [-0.1, -0.05) is 48.5 Å². The fourth-order valence-electron chi connectivity index (χ4n) is 2.80. The van der Waals surface area contributed by atoms with E-state index in [9.17, 15) is 0 Å². The third-order valence-electron chi connectivity index (χ3n) is 4.31. The van der Waals surface area contributed by atoms with Gasteiger partial charge in [0.15, 0.2) is 0 Å². The number of hydrogen-bond donors (Lipinski definition) is 0. The number of benzene rings is 2. The van der Waals surface area contributed by atoms with Crippen LogP contribution in [-0.2, 0) is 0 Å². The summed E-state index contributed by atoms with van der Waals surface area (Å²) < 4.78 is 0. The summed E-state index contributed by atoms with van der Waals surface area (Å²) in [5.74, 6) is 0. The summed E-state index contributed by atoms with van der Waals surface area (Å²) in [4.78, 5) is 25.3. The molecule has 2 heterocycles. The van der Waals surface area contributed by atoms with Crippen LogP contribution in [0.1, 0.15) is 22.8 Å². The first-order chi connectivity index (χ1) is 16.8. The summed E-state index contributed by atoms with van der Waals surface area (Å²) in [6.45, 7) is 0. The molecule has 0 saturated carbocycles. The number of aromatic nitrogens is 2. The molecule has 4 rings (SSSR count). The highest BCUT2D eigenvalue weighted by Crippen LogP contribution is 2.11. The van der Waals surface area contributed by atoms with E-state index in [-0.39, 0.29) is 0 Å². The van der Waals surface area contributed by atoms with Crippen molar-refractivity contribution in [3.63, 3.8) is 0 Å². The van der Waals surface area contributed by atoms with Crippen LogP contribution in [0.2, 0.25) is 0 Å². The standard InChI is InChI=1S/C19H15N3.C9H11N3/c1-3-8-16(9-4-1)20-14-18-12-7-13-19(22-18)15-21-17-10-5-2-6-11-17;1-10-6-8-4-3-5-9(12-8)7-11-2/h1-15H;3-7H,1-2H3. The molecule has 0 amide bonds. The average molecular weight is 447 g/mol. The molecule has 4 aromatic rings. The normalized spacial score (nSPS) is 11.4. The predicted octanol–water partition coefficient (Wildman–Crippen LogP) is 5.76. The molecule has 2 aromatic heterocycles. The van der Waals surface area contributed by atoms with Crippen LogP contribution < -0.4 is 0 Å². The second kappa shape index (κ2) is 13.8. The lowest BCUT2D eigenvalue weighted by Gasteiger charge is -1.96. The summed E-state index contributed by atoms with van der Waals surface area (Å²) in [5, 5.41) is 0. The van der Waals surface area contributed by atoms with Gasteiger partial charge in [0.25, 0.3) is 0 Å². The second-order valence-electron chi connectivity index (χ2n) is 6.94. The first kappa shape index (κ1) is 24.1. The van der Waals surface area contributed by atoms with Crippen molar-refractivity contribution in [2.45, 2.75) is 0 Å². The molecule has 168 valence electrons. The second-order valence-corrected chi connectivity index (χ2v) is 6.94. The zero-order chi connectivity index (χ0) is 23.8. The summed E-state index contributed by atoms with van der Waals surface area (Å²) in [7, 11) is 3.45. The molecule has 34 heavy (non-hydrogen) atoms. The first-order valence-corrected chi connectivity index (χ1v) is 10.7. The molecule has 0 saturated heterocycles. The van der Waals surface area contributed by atoms with Crippen LogP contribution in [0.5, 0.6) is 0 Å². The number of rotatable bonds is 6. The van der Waals surface area contributed by atoms with Crippen molar-refractivity contribution < 1.29 is 0 Å². The molecule has 0 N–H and O–H groups in total. The van der Waals surface area contributed by atoms with E-state index in [0.29, 0.717) is 0 Å². The van der Waals surface area contributed by atoms with Crippen LogP contribution in [0.3, 0.4) is 0 Å². The molecule has 6 heteroatoms. The van der Waals surface area contributed by atoms with E-state index in [1.165, 1.54) is 0 Å². The quantitative estimate of drug-likeness (QED) is 0.353. The van der Waals surface area contributed by atoms with Crippen LogP contribution in [0, 0.1) is 0 Å². The van der Waals surface area contributed by atoms with Gasteiger partial charge in [-0.2, -0.15) is 0 Å². The van der Waals surface area contributed by atoms with E-state index in [0.717, 1.165) is 34.2 Å². The fraction of sp³-hybridized carbons (Fsp3) is 0.0714. The zero-order valence-electron chi connectivity index (χ0n) is 19.2. The van der Waals surface area contributed by atoms with Gasteiger partial charge in [-0.25, -0.2) is 9.97 Å². The van der Waals surface area contributed by atoms with Crippen LogP contribution in [0.4, 0.5) is 11.4 Å². The third kappa shape index (κ3) is 8.51. The number of para-hydroxylation sites is 2. The highest BCUT2D eigenvalue weighted by Gasteiger charge is 1.94. The molecule has 0 aliphatic heterocycles. The van der Waals surface area contributed by atoms with Gasteiger partial charge in [0.1, 0.15) is 0 Å². The molecule has 0 atom stereocenters. The Morgan fingerprint density at radius 1 is 0.441 bits per heavy atom. The Morgan fingerprint density at radius 3 is 1.15 bits per heavy atom. The lowest BCUT2D eigenvalue weighted by Crippen LogP contribution is -1.92. The lowest BCUT2D eigenvalue weighted by atomic mass is 10.3. The van der Waals surface area contributed by atoms with Gasteiger partial charge in [0.05, 0.1) is 46.6 Å². The highest BCUT2D eigenvalue weighted by molar-refractivity contribution is 5.84. The van der Waals surface area contributed by atoms with Crippen molar-refractivity contribution in [1.29, 1.82) is 0 Å². The van der Waals surface area contributed by atoms with Crippen molar-refractivity contribution in [2.75, 3.05) is 14.1 Å². The van der Waals surface area contributed by atoms with Crippen LogP contribution in [0.15, 0.2) is 117 Å². The van der Waals surface area contributed by atoms with E-state index in [4.69, 9.17) is 0 Å². The Hall–Kier alpha value is -4.58. The maximum atomic E-state index is 4.50. The zero-order valence-corrected chi connectivity index (χ0v) is 19.2. The maximum absolute atomic E-state index is 4.50. The van der Waals surface area contributed by atoms with Gasteiger partial charge in [-0.05, 0) is 48.5 Å². The topological polar surface area (TPSA) is 75.2 Å². The molecule has 2 aromatic carbocycles.